The van der Waals surface area contributed by atoms with Gasteiger partial charge in [0.15, 0.2) is 17.1 Å². The maximum Gasteiger partial charge on any atom is 0.193 e. The van der Waals surface area contributed by atoms with Gasteiger partial charge in [-0.25, -0.2) is 8.78 Å². The number of anilines is 1. The molecule has 2 aromatic carbocycles. The van der Waals surface area contributed by atoms with Gasteiger partial charge in [-0.1, -0.05) is 11.6 Å². The van der Waals surface area contributed by atoms with Crippen molar-refractivity contribution in [3.05, 3.63) is 62.8 Å². The fourth-order valence-corrected chi connectivity index (χ4v) is 3.91. The van der Waals surface area contributed by atoms with Crippen LogP contribution in [0.5, 0.6) is 0 Å². The van der Waals surface area contributed by atoms with Crippen LogP contribution in [0.15, 0.2) is 35.1 Å². The summed E-state index contributed by atoms with van der Waals surface area (Å²) in [6.45, 7) is 1.12. The Labute approximate surface area is 165 Å². The molecule has 1 N–H and O–H groups in total. The smallest absolute Gasteiger partial charge is 0.193 e. The number of nitrogens with one attached hydrogen (secondary N) is 1. The summed E-state index contributed by atoms with van der Waals surface area (Å²) in [5.41, 5.74) is 0.410. The summed E-state index contributed by atoms with van der Waals surface area (Å²) < 4.78 is 29.9. The van der Waals surface area contributed by atoms with Gasteiger partial charge in [-0.05, 0) is 37.5 Å². The quantitative estimate of drug-likeness (QED) is 0.660. The van der Waals surface area contributed by atoms with E-state index in [2.05, 4.69) is 4.98 Å². The van der Waals surface area contributed by atoms with E-state index in [-0.39, 0.29) is 16.6 Å². The highest BCUT2D eigenvalue weighted by Gasteiger charge is 2.23. The van der Waals surface area contributed by atoms with E-state index in [1.54, 1.807) is 17.0 Å². The molecule has 4 rings (SSSR count). The first kappa shape index (κ1) is 18.5. The Kier molecular flexibility index (Phi) is 4.78. The molecule has 0 radical (unpaired) electrons. The van der Waals surface area contributed by atoms with Crippen molar-refractivity contribution in [1.29, 1.82) is 5.26 Å². The number of fused-ring (bicyclic) bond motifs is 1. The minimum atomic E-state index is -0.846. The summed E-state index contributed by atoms with van der Waals surface area (Å²) >= 11 is 6.19. The van der Waals surface area contributed by atoms with Crippen LogP contribution in [0.1, 0.15) is 24.8 Å². The van der Waals surface area contributed by atoms with Crippen molar-refractivity contribution in [3.8, 4) is 17.3 Å². The maximum absolute atomic E-state index is 15.1. The third kappa shape index (κ3) is 3.12. The molecule has 28 heavy (non-hydrogen) atoms. The number of benzene rings is 2. The molecule has 0 unspecified atom stereocenters. The lowest BCUT2D eigenvalue weighted by Crippen LogP contribution is -2.31. The molecule has 4 nitrogen and oxygen atoms in total. The Hall–Kier alpha value is -2.91. The van der Waals surface area contributed by atoms with Gasteiger partial charge >= 0.3 is 0 Å². The molecule has 0 aliphatic carbocycles. The van der Waals surface area contributed by atoms with Crippen molar-refractivity contribution in [2.75, 3.05) is 18.0 Å². The Bertz CT molecular complexity index is 1180. The number of hydrogen-bond acceptors (Lipinski definition) is 3. The van der Waals surface area contributed by atoms with Crippen molar-refractivity contribution in [3.63, 3.8) is 0 Å². The molecule has 2 heterocycles. The largest absolute Gasteiger partial charge is 0.367 e. The molecule has 142 valence electrons. The summed E-state index contributed by atoms with van der Waals surface area (Å²) in [4.78, 5) is 17.3. The number of rotatable bonds is 2. The van der Waals surface area contributed by atoms with Gasteiger partial charge in [0.1, 0.15) is 5.69 Å². The van der Waals surface area contributed by atoms with E-state index >= 15 is 4.39 Å². The van der Waals surface area contributed by atoms with E-state index in [4.69, 9.17) is 16.9 Å². The zero-order valence-electron chi connectivity index (χ0n) is 14.9. The molecule has 7 heteroatoms. The predicted molar refractivity (Wildman–Crippen MR) is 106 cm³/mol. The molecule has 1 fully saturated rings. The second kappa shape index (κ2) is 7.25. The van der Waals surface area contributed by atoms with E-state index in [1.807, 2.05) is 6.07 Å². The van der Waals surface area contributed by atoms with Crippen LogP contribution in [0.4, 0.5) is 14.5 Å². The number of nitrogens with zero attached hydrogens (tertiary/aromatic N) is 2. The predicted octanol–water partition coefficient (Wildman–Crippen LogP) is 4.99. The first-order valence-corrected chi connectivity index (χ1v) is 9.37. The van der Waals surface area contributed by atoms with Crippen LogP contribution in [0.2, 0.25) is 5.02 Å². The molecule has 0 amide bonds. The molecule has 0 saturated carbocycles. The van der Waals surface area contributed by atoms with Gasteiger partial charge in [-0.2, -0.15) is 5.26 Å². The highest BCUT2D eigenvalue weighted by molar-refractivity contribution is 6.33. The molecule has 1 aliphatic rings. The van der Waals surface area contributed by atoms with Crippen LogP contribution in [-0.2, 0) is 0 Å². The van der Waals surface area contributed by atoms with Gasteiger partial charge in [-0.15, -0.1) is 0 Å². The van der Waals surface area contributed by atoms with E-state index in [0.717, 1.165) is 25.3 Å². The second-order valence-corrected chi connectivity index (χ2v) is 7.25. The molecule has 1 saturated heterocycles. The molecular weight excluding hydrogens is 384 g/mol. The molecular formula is C21H16ClF2N3O. The number of pyridine rings is 1. The normalized spacial score (nSPS) is 14.3. The fraction of sp³-hybridized carbons (Fsp3) is 0.238. The van der Waals surface area contributed by atoms with Gasteiger partial charge in [0.05, 0.1) is 28.2 Å². The SMILES string of the molecule is N#Cc1ccc(Cl)c(-c2cc(=O)c3c(F)c(N4CCCCC4)c(F)cc3[nH]2)c1. The van der Waals surface area contributed by atoms with Crippen molar-refractivity contribution < 1.29 is 8.78 Å². The van der Waals surface area contributed by atoms with Gasteiger partial charge in [-0.3, -0.25) is 4.79 Å². The summed E-state index contributed by atoms with van der Waals surface area (Å²) in [6.07, 6.45) is 2.75. The third-order valence-corrected chi connectivity index (χ3v) is 5.37. The topological polar surface area (TPSA) is 59.9 Å². The van der Waals surface area contributed by atoms with Crippen LogP contribution < -0.4 is 10.3 Å². The van der Waals surface area contributed by atoms with E-state index in [9.17, 15) is 9.18 Å². The zero-order valence-corrected chi connectivity index (χ0v) is 15.6. The van der Waals surface area contributed by atoms with Crippen LogP contribution in [-0.4, -0.2) is 18.1 Å². The number of piperidine rings is 1. The molecule has 0 bridgehead atoms. The molecule has 3 aromatic rings. The Morgan fingerprint density at radius 1 is 1.11 bits per heavy atom. The number of halogens is 3. The number of aromatic nitrogens is 1. The summed E-state index contributed by atoms with van der Waals surface area (Å²) in [6, 6.07) is 8.99. The van der Waals surface area contributed by atoms with Crippen LogP contribution in [0, 0.1) is 23.0 Å². The maximum atomic E-state index is 15.1. The highest BCUT2D eigenvalue weighted by Crippen LogP contribution is 2.33. The van der Waals surface area contributed by atoms with E-state index in [1.165, 1.54) is 12.1 Å². The minimum absolute atomic E-state index is 0.0525. The minimum Gasteiger partial charge on any atom is -0.367 e. The van der Waals surface area contributed by atoms with Gasteiger partial charge in [0.2, 0.25) is 0 Å². The number of H-pyrrole nitrogens is 1. The number of hydrogen-bond donors (Lipinski definition) is 1. The first-order valence-electron chi connectivity index (χ1n) is 8.99. The molecule has 0 atom stereocenters. The average molecular weight is 400 g/mol. The lowest BCUT2D eigenvalue weighted by Gasteiger charge is -2.29. The molecule has 1 aliphatic heterocycles. The van der Waals surface area contributed by atoms with Crippen LogP contribution in [0.3, 0.4) is 0 Å². The number of aromatic amines is 1. The lowest BCUT2D eigenvalue weighted by atomic mass is 10.0. The average Bonchev–Trinajstić information content (AvgIpc) is 2.68. The summed E-state index contributed by atoms with van der Waals surface area (Å²) in [7, 11) is 0. The first-order chi connectivity index (χ1) is 13.5. The third-order valence-electron chi connectivity index (χ3n) is 5.04. The Morgan fingerprint density at radius 2 is 1.86 bits per heavy atom. The van der Waals surface area contributed by atoms with Gasteiger partial charge in [0.25, 0.3) is 0 Å². The van der Waals surface area contributed by atoms with Gasteiger partial charge in [0, 0.05) is 35.8 Å². The van der Waals surface area contributed by atoms with E-state index < -0.39 is 17.1 Å². The zero-order chi connectivity index (χ0) is 19.8. The van der Waals surface area contributed by atoms with Crippen LogP contribution in [0.25, 0.3) is 22.2 Å². The summed E-state index contributed by atoms with van der Waals surface area (Å²) in [5.74, 6) is -1.56. The molecule has 1 aromatic heterocycles. The standard InChI is InChI=1S/C21H16ClF2N3O/c22-14-5-4-12(11-25)8-13(14)16-10-18(28)19-17(26-16)9-15(23)21(20(19)24)27-6-2-1-3-7-27/h4-5,8-10H,1-3,6-7H2,(H,26,28). The van der Waals surface area contributed by atoms with Crippen LogP contribution >= 0.6 is 11.6 Å². The monoisotopic (exact) mass is 399 g/mol. The summed E-state index contributed by atoms with van der Waals surface area (Å²) in [5, 5.41) is 9.22. The van der Waals surface area contributed by atoms with Gasteiger partial charge < -0.3 is 9.88 Å². The molecule has 0 spiro atoms. The van der Waals surface area contributed by atoms with Crippen molar-refractivity contribution in [2.45, 2.75) is 19.3 Å². The highest BCUT2D eigenvalue weighted by atomic mass is 35.5. The Morgan fingerprint density at radius 3 is 2.57 bits per heavy atom. The van der Waals surface area contributed by atoms with Crippen molar-refractivity contribution in [1.82, 2.24) is 4.98 Å². The number of nitriles is 1. The lowest BCUT2D eigenvalue weighted by molar-refractivity contribution is 0.534. The van der Waals surface area contributed by atoms with Crippen molar-refractivity contribution in [2.24, 2.45) is 0 Å². The fourth-order valence-electron chi connectivity index (χ4n) is 3.69. The Balaban J connectivity index is 1.91. The second-order valence-electron chi connectivity index (χ2n) is 6.84. The van der Waals surface area contributed by atoms with E-state index in [0.29, 0.717) is 34.9 Å². The van der Waals surface area contributed by atoms with Crippen molar-refractivity contribution >= 4 is 28.2 Å².